The van der Waals surface area contributed by atoms with E-state index in [2.05, 4.69) is 38.8 Å². The number of esters is 1. The van der Waals surface area contributed by atoms with Crippen LogP contribution < -0.4 is 0 Å². The molecule has 0 aliphatic carbocycles. The van der Waals surface area contributed by atoms with E-state index in [1.54, 1.807) is 24.4 Å². The first-order valence-electron chi connectivity index (χ1n) is 13.5. The first-order valence-corrected chi connectivity index (χ1v) is 16.8. The van der Waals surface area contributed by atoms with Crippen molar-refractivity contribution in [3.63, 3.8) is 0 Å². The molecular weight excluding hydrogens is 532 g/mol. The van der Waals surface area contributed by atoms with Gasteiger partial charge < -0.3 is 13.9 Å². The van der Waals surface area contributed by atoms with Gasteiger partial charge in [0.15, 0.2) is 8.32 Å². The van der Waals surface area contributed by atoms with Crippen molar-refractivity contribution in [2.45, 2.75) is 103 Å². The van der Waals surface area contributed by atoms with E-state index in [4.69, 9.17) is 25.5 Å². The molecule has 1 aliphatic heterocycles. The summed E-state index contributed by atoms with van der Waals surface area (Å²) < 4.78 is 17.8. The van der Waals surface area contributed by atoms with Gasteiger partial charge in [-0.1, -0.05) is 50.6 Å². The maximum absolute atomic E-state index is 13.8. The average molecular weight is 575 g/mol. The van der Waals surface area contributed by atoms with E-state index in [9.17, 15) is 9.59 Å². The van der Waals surface area contributed by atoms with Crippen molar-refractivity contribution in [1.29, 1.82) is 0 Å². The molecule has 3 unspecified atom stereocenters. The third kappa shape index (κ3) is 7.83. The topological polar surface area (TPSA) is 78.0 Å². The van der Waals surface area contributed by atoms with Crippen LogP contribution in [0.4, 0.5) is 4.79 Å². The fourth-order valence-corrected chi connectivity index (χ4v) is 5.99. The number of hydrogen-bond donors (Lipinski definition) is 0. The highest BCUT2D eigenvalue weighted by Crippen LogP contribution is 2.44. The first kappa shape index (κ1) is 31.1. The Labute approximate surface area is 239 Å². The van der Waals surface area contributed by atoms with Crippen LogP contribution in [0.25, 0.3) is 0 Å². The molecule has 3 rings (SSSR count). The Bertz CT molecular complexity index is 1140. The van der Waals surface area contributed by atoms with Gasteiger partial charge in [-0.3, -0.25) is 4.90 Å². The first-order chi connectivity index (χ1) is 18.0. The number of methoxy groups -OCH3 is 1. The summed E-state index contributed by atoms with van der Waals surface area (Å²) in [7, 11) is -0.876. The van der Waals surface area contributed by atoms with Crippen molar-refractivity contribution >= 4 is 32.0 Å². The zero-order valence-corrected chi connectivity index (χ0v) is 26.5. The second kappa shape index (κ2) is 12.0. The molecule has 1 fully saturated rings. The lowest BCUT2D eigenvalue weighted by molar-refractivity contribution is -0.00244. The summed E-state index contributed by atoms with van der Waals surface area (Å²) in [4.78, 5) is 31.9. The van der Waals surface area contributed by atoms with Crippen molar-refractivity contribution in [1.82, 2.24) is 9.88 Å². The van der Waals surface area contributed by atoms with E-state index in [1.165, 1.54) is 7.11 Å². The molecule has 0 N–H and O–H groups in total. The summed E-state index contributed by atoms with van der Waals surface area (Å²) in [6.07, 6.45) is 3.20. The van der Waals surface area contributed by atoms with Crippen LogP contribution in [0.5, 0.6) is 0 Å². The number of nitrogens with zero attached hydrogens (tertiary/aromatic N) is 2. The Hall–Kier alpha value is -2.42. The molecule has 2 aromatic rings. The summed E-state index contributed by atoms with van der Waals surface area (Å²) in [5, 5.41) is 0.384. The van der Waals surface area contributed by atoms with Crippen molar-refractivity contribution < 1.29 is 23.5 Å². The van der Waals surface area contributed by atoms with Gasteiger partial charge in [-0.15, -0.1) is 0 Å². The van der Waals surface area contributed by atoms with Gasteiger partial charge in [-0.05, 0) is 81.9 Å². The van der Waals surface area contributed by atoms with Crippen LogP contribution in [0, 0.1) is 0 Å². The third-order valence-corrected chi connectivity index (χ3v) is 12.3. The molecule has 2 heterocycles. The van der Waals surface area contributed by atoms with Crippen LogP contribution in [0.2, 0.25) is 23.3 Å². The van der Waals surface area contributed by atoms with E-state index in [0.717, 1.165) is 24.0 Å². The van der Waals surface area contributed by atoms with Gasteiger partial charge in [-0.2, -0.15) is 0 Å². The zero-order chi connectivity index (χ0) is 29.2. The molecule has 214 valence electrons. The molecule has 3 atom stereocenters. The minimum absolute atomic E-state index is 0.0265. The van der Waals surface area contributed by atoms with Crippen molar-refractivity contribution in [2.24, 2.45) is 0 Å². The van der Waals surface area contributed by atoms with Crippen molar-refractivity contribution in [2.75, 3.05) is 7.11 Å². The normalized spacial score (nSPS) is 19.1. The average Bonchev–Trinajstić information content (AvgIpc) is 3.24. The van der Waals surface area contributed by atoms with Gasteiger partial charge in [0.05, 0.1) is 24.8 Å². The SMILES string of the molecule is COC(=O)c1ccc(CC2CCC(C(O[Si](C)(C)C(C)(C)C)c3ccc(Cl)nc3)N2C(=O)OC(C)(C)C)cc1. The highest BCUT2D eigenvalue weighted by Gasteiger charge is 2.47. The number of carbonyl (C=O) groups excluding carboxylic acids is 2. The van der Waals surface area contributed by atoms with E-state index < -0.39 is 13.9 Å². The van der Waals surface area contributed by atoms with E-state index in [-0.39, 0.29) is 35.3 Å². The van der Waals surface area contributed by atoms with Gasteiger partial charge in [0, 0.05) is 17.8 Å². The fourth-order valence-electron chi connectivity index (χ4n) is 4.59. The van der Waals surface area contributed by atoms with Crippen LogP contribution in [0.3, 0.4) is 0 Å². The molecule has 1 aliphatic rings. The summed E-state index contributed by atoms with van der Waals surface area (Å²) in [6.45, 7) is 16.7. The molecule has 0 radical (unpaired) electrons. The minimum Gasteiger partial charge on any atom is -0.465 e. The van der Waals surface area contributed by atoms with E-state index >= 15 is 0 Å². The lowest BCUT2D eigenvalue weighted by atomic mass is 10.0. The van der Waals surface area contributed by atoms with E-state index in [0.29, 0.717) is 17.1 Å². The molecule has 1 saturated heterocycles. The van der Waals surface area contributed by atoms with Gasteiger partial charge in [-0.25, -0.2) is 14.6 Å². The number of amides is 1. The Kier molecular flexibility index (Phi) is 9.56. The summed E-state index contributed by atoms with van der Waals surface area (Å²) >= 11 is 6.13. The van der Waals surface area contributed by atoms with Crippen LogP contribution in [0.15, 0.2) is 42.6 Å². The predicted octanol–water partition coefficient (Wildman–Crippen LogP) is 7.60. The summed E-state index contributed by atoms with van der Waals surface area (Å²) in [5.41, 5.74) is 1.77. The number of aromatic nitrogens is 1. The van der Waals surface area contributed by atoms with Crippen LogP contribution in [-0.2, 0) is 20.3 Å². The monoisotopic (exact) mass is 574 g/mol. The van der Waals surface area contributed by atoms with E-state index in [1.807, 2.05) is 43.9 Å². The smallest absolute Gasteiger partial charge is 0.410 e. The molecule has 1 aromatic heterocycles. The second-order valence-corrected chi connectivity index (χ2v) is 17.9. The van der Waals surface area contributed by atoms with Gasteiger partial charge in [0.25, 0.3) is 0 Å². The van der Waals surface area contributed by atoms with Gasteiger partial charge >= 0.3 is 12.1 Å². The summed E-state index contributed by atoms with van der Waals surface area (Å²) in [6, 6.07) is 10.7. The number of pyridine rings is 1. The molecule has 1 amide bonds. The fraction of sp³-hybridized carbons (Fsp3) is 0.567. The van der Waals surface area contributed by atoms with Crippen LogP contribution in [0.1, 0.15) is 82.0 Å². The molecule has 39 heavy (non-hydrogen) atoms. The maximum Gasteiger partial charge on any atom is 0.410 e. The van der Waals surface area contributed by atoms with Gasteiger partial charge in [0.2, 0.25) is 0 Å². The Morgan fingerprint density at radius 3 is 2.21 bits per heavy atom. The van der Waals surface area contributed by atoms with Crippen LogP contribution >= 0.6 is 11.6 Å². The Balaban J connectivity index is 2.00. The Morgan fingerprint density at radius 2 is 1.69 bits per heavy atom. The highest BCUT2D eigenvalue weighted by molar-refractivity contribution is 6.74. The number of halogens is 1. The number of rotatable bonds is 7. The van der Waals surface area contributed by atoms with Gasteiger partial charge in [0.1, 0.15) is 10.8 Å². The molecule has 9 heteroatoms. The maximum atomic E-state index is 13.8. The molecule has 0 spiro atoms. The number of ether oxygens (including phenoxy) is 2. The van der Waals surface area contributed by atoms with Crippen LogP contribution in [-0.4, -0.2) is 55.1 Å². The third-order valence-electron chi connectivity index (χ3n) is 7.65. The van der Waals surface area contributed by atoms with Crippen molar-refractivity contribution in [3.05, 3.63) is 64.4 Å². The molecule has 0 bridgehead atoms. The second-order valence-electron chi connectivity index (χ2n) is 12.8. The zero-order valence-electron chi connectivity index (χ0n) is 24.7. The predicted molar refractivity (Wildman–Crippen MR) is 157 cm³/mol. The minimum atomic E-state index is -2.24. The quantitative estimate of drug-likeness (QED) is 0.192. The van der Waals surface area contributed by atoms with Crippen molar-refractivity contribution in [3.8, 4) is 0 Å². The lowest BCUT2D eigenvalue weighted by Crippen LogP contribution is -2.50. The molecule has 7 nitrogen and oxygen atoms in total. The highest BCUT2D eigenvalue weighted by atomic mass is 35.5. The number of likely N-dealkylation sites (tertiary alicyclic amines) is 1. The number of hydrogen-bond acceptors (Lipinski definition) is 6. The number of carbonyl (C=O) groups is 2. The molecular formula is C30H43ClN2O5Si. The standard InChI is InChI=1S/C30H43ClN2O5Si/c1-29(2,3)37-28(35)33-23(18-20-10-12-21(13-11-20)27(34)36-7)15-16-24(33)26(22-14-17-25(31)32-19-22)38-39(8,9)30(4,5)6/h10-14,17,19,23-24,26H,15-16,18H2,1-9H3. The Morgan fingerprint density at radius 1 is 1.05 bits per heavy atom. The molecule has 0 saturated carbocycles. The summed E-state index contributed by atoms with van der Waals surface area (Å²) in [5.74, 6) is -0.375. The largest absolute Gasteiger partial charge is 0.465 e. The molecule has 1 aromatic carbocycles. The number of benzene rings is 1. The lowest BCUT2D eigenvalue weighted by Gasteiger charge is -2.43.